The molecular weight excluding hydrogens is 257 g/mol. The summed E-state index contributed by atoms with van der Waals surface area (Å²) in [6.45, 7) is 2.92. The molecule has 0 heterocycles. The van der Waals surface area contributed by atoms with Crippen LogP contribution in [0.1, 0.15) is 31.2 Å². The van der Waals surface area contributed by atoms with E-state index in [1.54, 1.807) is 0 Å². The number of nitrogens with one attached hydrogen (secondary N) is 1. The van der Waals surface area contributed by atoms with Crippen LogP contribution in [-0.2, 0) is 0 Å². The van der Waals surface area contributed by atoms with Crippen LogP contribution in [0.25, 0.3) is 0 Å². The lowest BCUT2D eigenvalue weighted by molar-refractivity contribution is 0.558. The van der Waals surface area contributed by atoms with E-state index in [1.807, 2.05) is 12.1 Å². The lowest BCUT2D eigenvalue weighted by Gasteiger charge is -2.13. The van der Waals surface area contributed by atoms with Gasteiger partial charge in [0.25, 0.3) is 0 Å². The predicted octanol–water partition coefficient (Wildman–Crippen LogP) is 3.44. The van der Waals surface area contributed by atoms with E-state index in [0.29, 0.717) is 6.04 Å². The van der Waals surface area contributed by atoms with E-state index in [4.69, 9.17) is 0 Å². The fourth-order valence-corrected chi connectivity index (χ4v) is 1.98. The van der Waals surface area contributed by atoms with Crippen molar-refractivity contribution in [2.75, 3.05) is 6.54 Å². The van der Waals surface area contributed by atoms with Gasteiger partial charge in [0, 0.05) is 17.1 Å². The van der Waals surface area contributed by atoms with Crippen LogP contribution in [0.2, 0.25) is 0 Å². The molecule has 1 aromatic carbocycles. The molecule has 1 aromatic rings. The first-order valence-electron chi connectivity index (χ1n) is 5.35. The van der Waals surface area contributed by atoms with E-state index in [1.165, 1.54) is 18.9 Å². The van der Waals surface area contributed by atoms with Gasteiger partial charge in [0.2, 0.25) is 0 Å². The van der Waals surface area contributed by atoms with Crippen molar-refractivity contribution in [2.45, 2.75) is 31.7 Å². The molecule has 0 bridgehead atoms. The molecule has 0 saturated heterocycles. The third kappa shape index (κ3) is 3.02. The predicted molar refractivity (Wildman–Crippen MR) is 63.5 cm³/mol. The summed E-state index contributed by atoms with van der Waals surface area (Å²) in [5.74, 6) is 0.119. The van der Waals surface area contributed by atoms with Crippen molar-refractivity contribution in [3.63, 3.8) is 0 Å². The summed E-state index contributed by atoms with van der Waals surface area (Å²) in [6, 6.07) is 5.97. The SMILES string of the molecule is CC(CNC1CC1)c1ccc(Br)cc1F. The summed E-state index contributed by atoms with van der Waals surface area (Å²) >= 11 is 3.26. The van der Waals surface area contributed by atoms with Crippen molar-refractivity contribution in [3.05, 3.63) is 34.1 Å². The second-order valence-electron chi connectivity index (χ2n) is 4.25. The second-order valence-corrected chi connectivity index (χ2v) is 5.17. The highest BCUT2D eigenvalue weighted by atomic mass is 79.9. The summed E-state index contributed by atoms with van der Waals surface area (Å²) in [7, 11) is 0. The van der Waals surface area contributed by atoms with Crippen LogP contribution in [-0.4, -0.2) is 12.6 Å². The highest BCUT2D eigenvalue weighted by Gasteiger charge is 2.21. The second kappa shape index (κ2) is 4.62. The van der Waals surface area contributed by atoms with Gasteiger partial charge < -0.3 is 5.32 Å². The zero-order chi connectivity index (χ0) is 10.8. The number of hydrogen-bond acceptors (Lipinski definition) is 1. The van der Waals surface area contributed by atoms with E-state index in [-0.39, 0.29) is 11.7 Å². The van der Waals surface area contributed by atoms with Crippen molar-refractivity contribution in [1.29, 1.82) is 0 Å². The van der Waals surface area contributed by atoms with Crippen LogP contribution >= 0.6 is 15.9 Å². The maximum atomic E-state index is 13.6. The van der Waals surface area contributed by atoms with E-state index >= 15 is 0 Å². The minimum Gasteiger partial charge on any atom is -0.313 e. The average molecular weight is 272 g/mol. The first-order chi connectivity index (χ1) is 7.16. The molecule has 0 aromatic heterocycles. The molecule has 1 fully saturated rings. The topological polar surface area (TPSA) is 12.0 Å². The van der Waals surface area contributed by atoms with Gasteiger partial charge in [-0.15, -0.1) is 0 Å². The van der Waals surface area contributed by atoms with Gasteiger partial charge in [0.15, 0.2) is 0 Å². The molecule has 1 aliphatic rings. The van der Waals surface area contributed by atoms with Crippen molar-refractivity contribution in [3.8, 4) is 0 Å². The Hall–Kier alpha value is -0.410. The number of rotatable bonds is 4. The van der Waals surface area contributed by atoms with Crippen molar-refractivity contribution < 1.29 is 4.39 Å². The normalized spacial score (nSPS) is 17.8. The molecule has 1 N–H and O–H groups in total. The van der Waals surface area contributed by atoms with E-state index < -0.39 is 0 Å². The van der Waals surface area contributed by atoms with Crippen molar-refractivity contribution in [1.82, 2.24) is 5.32 Å². The highest BCUT2D eigenvalue weighted by Crippen LogP contribution is 2.24. The van der Waals surface area contributed by atoms with Crippen LogP contribution in [0, 0.1) is 5.82 Å². The first-order valence-corrected chi connectivity index (χ1v) is 6.14. The summed E-state index contributed by atoms with van der Waals surface area (Å²) in [4.78, 5) is 0. The molecule has 1 saturated carbocycles. The summed E-state index contributed by atoms with van der Waals surface area (Å²) < 4.78 is 14.4. The van der Waals surface area contributed by atoms with Gasteiger partial charge in [-0.25, -0.2) is 4.39 Å². The fraction of sp³-hybridized carbons (Fsp3) is 0.500. The van der Waals surface area contributed by atoms with Crippen LogP contribution in [0.3, 0.4) is 0 Å². The molecule has 1 unspecified atom stereocenters. The Bertz CT molecular complexity index is 349. The fourth-order valence-electron chi connectivity index (χ4n) is 1.64. The Kier molecular flexibility index (Phi) is 3.42. The van der Waals surface area contributed by atoms with Gasteiger partial charge in [-0.3, -0.25) is 0 Å². The quantitative estimate of drug-likeness (QED) is 0.885. The molecule has 0 spiro atoms. The lowest BCUT2D eigenvalue weighted by atomic mass is 10.0. The van der Waals surface area contributed by atoms with Crippen molar-refractivity contribution in [2.24, 2.45) is 0 Å². The van der Waals surface area contributed by atoms with Gasteiger partial charge in [-0.2, -0.15) is 0 Å². The van der Waals surface area contributed by atoms with Gasteiger partial charge in [0.05, 0.1) is 0 Å². The molecule has 3 heteroatoms. The number of hydrogen-bond donors (Lipinski definition) is 1. The summed E-state index contributed by atoms with van der Waals surface area (Å²) in [6.07, 6.45) is 2.55. The number of halogens is 2. The molecule has 0 amide bonds. The Morgan fingerprint density at radius 3 is 2.87 bits per heavy atom. The van der Waals surface area contributed by atoms with E-state index in [2.05, 4.69) is 28.2 Å². The number of benzene rings is 1. The Morgan fingerprint density at radius 1 is 1.53 bits per heavy atom. The molecule has 0 aliphatic heterocycles. The van der Waals surface area contributed by atoms with Crippen molar-refractivity contribution >= 4 is 15.9 Å². The maximum absolute atomic E-state index is 13.6. The van der Waals surface area contributed by atoms with E-state index in [0.717, 1.165) is 16.6 Å². The summed E-state index contributed by atoms with van der Waals surface area (Å²) in [5, 5.41) is 3.42. The molecule has 2 rings (SSSR count). The monoisotopic (exact) mass is 271 g/mol. The lowest BCUT2D eigenvalue weighted by Crippen LogP contribution is -2.22. The smallest absolute Gasteiger partial charge is 0.127 e. The Labute approximate surface area is 98.2 Å². The first kappa shape index (κ1) is 11.1. The third-order valence-electron chi connectivity index (χ3n) is 2.78. The van der Waals surface area contributed by atoms with Crippen LogP contribution in [0.5, 0.6) is 0 Å². The van der Waals surface area contributed by atoms with Gasteiger partial charge in [-0.1, -0.05) is 28.9 Å². The molecule has 1 nitrogen and oxygen atoms in total. The molecule has 1 atom stereocenters. The van der Waals surface area contributed by atoms with Crippen LogP contribution in [0.4, 0.5) is 4.39 Å². The van der Waals surface area contributed by atoms with Gasteiger partial charge in [-0.05, 0) is 36.5 Å². The van der Waals surface area contributed by atoms with Gasteiger partial charge in [0.1, 0.15) is 5.82 Å². The zero-order valence-corrected chi connectivity index (χ0v) is 10.3. The standard InChI is InChI=1S/C12H15BrFN/c1-8(7-15-10-3-4-10)11-5-2-9(13)6-12(11)14/h2,5-6,8,10,15H,3-4,7H2,1H3. The molecule has 15 heavy (non-hydrogen) atoms. The molecular formula is C12H15BrFN. The highest BCUT2D eigenvalue weighted by molar-refractivity contribution is 9.10. The zero-order valence-electron chi connectivity index (χ0n) is 8.76. The third-order valence-corrected chi connectivity index (χ3v) is 3.28. The molecule has 0 radical (unpaired) electrons. The molecule has 82 valence electrons. The van der Waals surface area contributed by atoms with Gasteiger partial charge >= 0.3 is 0 Å². The van der Waals surface area contributed by atoms with Crippen LogP contribution < -0.4 is 5.32 Å². The minimum atomic E-state index is -0.116. The van der Waals surface area contributed by atoms with E-state index in [9.17, 15) is 4.39 Å². The maximum Gasteiger partial charge on any atom is 0.127 e. The average Bonchev–Trinajstić information content (AvgIpc) is 2.97. The Balaban J connectivity index is 1.99. The Morgan fingerprint density at radius 2 is 2.27 bits per heavy atom. The van der Waals surface area contributed by atoms with Crippen LogP contribution in [0.15, 0.2) is 22.7 Å². The summed E-state index contributed by atoms with van der Waals surface area (Å²) in [5.41, 5.74) is 0.798. The molecule has 1 aliphatic carbocycles. The minimum absolute atomic E-state index is 0.116. The largest absolute Gasteiger partial charge is 0.313 e.